The molecule has 7 nitrogen and oxygen atoms in total. The minimum atomic E-state index is -0.382. The standard InChI is InChI=1S/C21H22N4O3/c1-13(2)22-21(27)24-17-11-7-10-16(12-17)23-19(26)18-14(3)28-20(25-18)15-8-5-4-6-9-15/h4-13H,1-3H3,(H,23,26)(H2,22,24,27). The van der Waals surface area contributed by atoms with Crippen LogP contribution >= 0.6 is 0 Å². The molecule has 3 N–H and O–H groups in total. The third-order valence-corrected chi connectivity index (χ3v) is 3.83. The summed E-state index contributed by atoms with van der Waals surface area (Å²) in [5.41, 5.74) is 2.12. The lowest BCUT2D eigenvalue weighted by molar-refractivity contribution is 0.102. The van der Waals surface area contributed by atoms with E-state index >= 15 is 0 Å². The molecule has 0 spiro atoms. The number of oxazole rings is 1. The first kappa shape index (κ1) is 19.2. The van der Waals surface area contributed by atoms with Crippen molar-refractivity contribution in [1.82, 2.24) is 10.3 Å². The number of amides is 3. The number of urea groups is 1. The first-order valence-electron chi connectivity index (χ1n) is 8.94. The highest BCUT2D eigenvalue weighted by molar-refractivity contribution is 6.04. The zero-order chi connectivity index (χ0) is 20.1. The van der Waals surface area contributed by atoms with Crippen LogP contribution in [0.2, 0.25) is 0 Å². The minimum Gasteiger partial charge on any atom is -0.441 e. The molecule has 2 aromatic carbocycles. The molecule has 1 heterocycles. The van der Waals surface area contributed by atoms with E-state index in [4.69, 9.17) is 4.42 Å². The van der Waals surface area contributed by atoms with Gasteiger partial charge in [0.15, 0.2) is 5.69 Å². The summed E-state index contributed by atoms with van der Waals surface area (Å²) in [7, 11) is 0. The Hall–Kier alpha value is -3.61. The maximum Gasteiger partial charge on any atom is 0.319 e. The Morgan fingerprint density at radius 3 is 2.32 bits per heavy atom. The molecule has 0 aliphatic carbocycles. The van der Waals surface area contributed by atoms with Crippen molar-refractivity contribution in [3.63, 3.8) is 0 Å². The molecule has 0 atom stereocenters. The maximum atomic E-state index is 12.6. The molecule has 0 unspecified atom stereocenters. The smallest absolute Gasteiger partial charge is 0.319 e. The number of benzene rings is 2. The highest BCUT2D eigenvalue weighted by atomic mass is 16.4. The SMILES string of the molecule is Cc1oc(-c2ccccc2)nc1C(=O)Nc1cccc(NC(=O)NC(C)C)c1. The average Bonchev–Trinajstić information content (AvgIpc) is 3.04. The monoisotopic (exact) mass is 378 g/mol. The van der Waals surface area contributed by atoms with Gasteiger partial charge in [-0.15, -0.1) is 0 Å². The number of rotatable bonds is 5. The fourth-order valence-electron chi connectivity index (χ4n) is 2.61. The lowest BCUT2D eigenvalue weighted by atomic mass is 10.2. The fourth-order valence-corrected chi connectivity index (χ4v) is 2.61. The molecule has 0 saturated heterocycles. The van der Waals surface area contributed by atoms with Crippen LogP contribution in [0.5, 0.6) is 0 Å². The lowest BCUT2D eigenvalue weighted by Gasteiger charge is -2.11. The van der Waals surface area contributed by atoms with E-state index in [0.29, 0.717) is 23.0 Å². The molecule has 1 aromatic heterocycles. The van der Waals surface area contributed by atoms with Crippen LogP contribution in [0.25, 0.3) is 11.5 Å². The quantitative estimate of drug-likeness (QED) is 0.612. The van der Waals surface area contributed by atoms with Crippen molar-refractivity contribution in [3.8, 4) is 11.5 Å². The number of nitrogens with zero attached hydrogens (tertiary/aromatic N) is 1. The second kappa shape index (κ2) is 8.39. The molecule has 0 saturated carbocycles. The van der Waals surface area contributed by atoms with Crippen molar-refractivity contribution in [1.29, 1.82) is 0 Å². The van der Waals surface area contributed by atoms with Crippen molar-refractivity contribution >= 4 is 23.3 Å². The molecule has 0 aliphatic rings. The van der Waals surface area contributed by atoms with Crippen LogP contribution in [0.15, 0.2) is 59.0 Å². The highest BCUT2D eigenvalue weighted by Gasteiger charge is 2.18. The number of hydrogen-bond acceptors (Lipinski definition) is 4. The zero-order valence-corrected chi connectivity index (χ0v) is 15.9. The first-order valence-corrected chi connectivity index (χ1v) is 8.94. The van der Waals surface area contributed by atoms with Gasteiger partial charge in [0.2, 0.25) is 5.89 Å². The van der Waals surface area contributed by atoms with E-state index in [9.17, 15) is 9.59 Å². The van der Waals surface area contributed by atoms with Crippen molar-refractivity contribution in [3.05, 3.63) is 66.1 Å². The van der Waals surface area contributed by atoms with Gasteiger partial charge in [0.05, 0.1) is 0 Å². The van der Waals surface area contributed by atoms with Crippen LogP contribution in [0.3, 0.4) is 0 Å². The van der Waals surface area contributed by atoms with E-state index < -0.39 is 0 Å². The molecule has 144 valence electrons. The number of nitrogens with one attached hydrogen (secondary N) is 3. The van der Waals surface area contributed by atoms with E-state index in [1.165, 1.54) is 0 Å². The van der Waals surface area contributed by atoms with Crippen LogP contribution < -0.4 is 16.0 Å². The molecule has 0 radical (unpaired) electrons. The minimum absolute atomic E-state index is 0.0248. The van der Waals surface area contributed by atoms with Crippen molar-refractivity contribution in [2.45, 2.75) is 26.8 Å². The summed E-state index contributed by atoms with van der Waals surface area (Å²) in [6.07, 6.45) is 0. The first-order chi connectivity index (χ1) is 13.4. The molecule has 0 bridgehead atoms. The van der Waals surface area contributed by atoms with Crippen LogP contribution in [-0.4, -0.2) is 23.0 Å². The molecule has 7 heteroatoms. The Kier molecular flexibility index (Phi) is 5.74. The third-order valence-electron chi connectivity index (χ3n) is 3.83. The fraction of sp³-hybridized carbons (Fsp3) is 0.190. The highest BCUT2D eigenvalue weighted by Crippen LogP contribution is 2.22. The second-order valence-electron chi connectivity index (χ2n) is 6.58. The zero-order valence-electron chi connectivity index (χ0n) is 15.9. The average molecular weight is 378 g/mol. The molecular formula is C21H22N4O3. The van der Waals surface area contributed by atoms with E-state index in [-0.39, 0.29) is 23.7 Å². The molecular weight excluding hydrogens is 356 g/mol. The number of carbonyl (C=O) groups is 2. The van der Waals surface area contributed by atoms with E-state index in [2.05, 4.69) is 20.9 Å². The lowest BCUT2D eigenvalue weighted by Crippen LogP contribution is -2.34. The number of aryl methyl sites for hydroxylation is 1. The van der Waals surface area contributed by atoms with Crippen molar-refractivity contribution in [2.24, 2.45) is 0 Å². The van der Waals surface area contributed by atoms with Crippen molar-refractivity contribution in [2.75, 3.05) is 10.6 Å². The van der Waals surface area contributed by atoms with Gasteiger partial charge in [-0.1, -0.05) is 24.3 Å². The number of anilines is 2. The number of carbonyl (C=O) groups excluding carboxylic acids is 2. The third kappa shape index (κ3) is 4.76. The molecule has 0 fully saturated rings. The van der Waals surface area contributed by atoms with Crippen molar-refractivity contribution < 1.29 is 14.0 Å². The maximum absolute atomic E-state index is 12.6. The van der Waals surface area contributed by atoms with Crippen LogP contribution in [-0.2, 0) is 0 Å². The van der Waals surface area contributed by atoms with Gasteiger partial charge in [-0.2, -0.15) is 0 Å². The summed E-state index contributed by atoms with van der Waals surface area (Å²) < 4.78 is 5.64. The van der Waals surface area contributed by atoms with Gasteiger partial charge < -0.3 is 20.4 Å². The van der Waals surface area contributed by atoms with Crippen LogP contribution in [0, 0.1) is 6.92 Å². The summed E-state index contributed by atoms with van der Waals surface area (Å²) in [5.74, 6) is 0.443. The topological polar surface area (TPSA) is 96.3 Å². The summed E-state index contributed by atoms with van der Waals surface area (Å²) in [5, 5.41) is 8.26. The number of hydrogen-bond donors (Lipinski definition) is 3. The molecule has 3 aromatic rings. The van der Waals surface area contributed by atoms with E-state index in [1.54, 1.807) is 31.2 Å². The molecule has 3 amide bonds. The Bertz CT molecular complexity index is 980. The van der Waals surface area contributed by atoms with Gasteiger partial charge in [-0.3, -0.25) is 4.79 Å². The van der Waals surface area contributed by atoms with Gasteiger partial charge in [0.25, 0.3) is 5.91 Å². The van der Waals surface area contributed by atoms with E-state index in [0.717, 1.165) is 5.56 Å². The summed E-state index contributed by atoms with van der Waals surface area (Å²) >= 11 is 0. The summed E-state index contributed by atoms with van der Waals surface area (Å²) in [6.45, 7) is 5.45. The second-order valence-corrected chi connectivity index (χ2v) is 6.58. The van der Waals surface area contributed by atoms with Crippen LogP contribution in [0.1, 0.15) is 30.1 Å². The van der Waals surface area contributed by atoms with Gasteiger partial charge in [0, 0.05) is 23.0 Å². The normalized spacial score (nSPS) is 10.6. The van der Waals surface area contributed by atoms with Gasteiger partial charge in [0.1, 0.15) is 5.76 Å². The van der Waals surface area contributed by atoms with Gasteiger partial charge >= 0.3 is 6.03 Å². The Morgan fingerprint density at radius 2 is 1.64 bits per heavy atom. The predicted molar refractivity (Wildman–Crippen MR) is 108 cm³/mol. The number of aromatic nitrogens is 1. The Labute approximate surface area is 163 Å². The van der Waals surface area contributed by atoms with Gasteiger partial charge in [-0.25, -0.2) is 9.78 Å². The molecule has 0 aliphatic heterocycles. The Morgan fingerprint density at radius 1 is 0.964 bits per heavy atom. The van der Waals surface area contributed by atoms with Gasteiger partial charge in [-0.05, 0) is 51.1 Å². The summed E-state index contributed by atoms with van der Waals surface area (Å²) in [4.78, 5) is 28.8. The molecule has 3 rings (SSSR count). The Balaban J connectivity index is 1.72. The van der Waals surface area contributed by atoms with Crippen LogP contribution in [0.4, 0.5) is 16.2 Å². The predicted octanol–water partition coefficient (Wildman–Crippen LogP) is 4.43. The summed E-state index contributed by atoms with van der Waals surface area (Å²) in [6, 6.07) is 16.0. The molecule has 28 heavy (non-hydrogen) atoms. The van der Waals surface area contributed by atoms with E-state index in [1.807, 2.05) is 44.2 Å². The largest absolute Gasteiger partial charge is 0.441 e.